The fourth-order valence-electron chi connectivity index (χ4n) is 3.25. The number of hydrogen-bond donors (Lipinski definition) is 1. The molecule has 0 bridgehead atoms. The quantitative estimate of drug-likeness (QED) is 0.698. The van der Waals surface area contributed by atoms with Gasteiger partial charge in [0, 0.05) is 31.5 Å². The van der Waals surface area contributed by atoms with E-state index < -0.39 is 5.69 Å². The molecule has 152 valence electrons. The van der Waals surface area contributed by atoms with Gasteiger partial charge in [-0.1, -0.05) is 19.1 Å². The van der Waals surface area contributed by atoms with Gasteiger partial charge in [0.15, 0.2) is 0 Å². The van der Waals surface area contributed by atoms with Gasteiger partial charge in [0.25, 0.3) is 5.56 Å². The van der Waals surface area contributed by atoms with Crippen LogP contribution in [-0.4, -0.2) is 29.1 Å². The lowest BCUT2D eigenvalue weighted by atomic mass is 10.2. The van der Waals surface area contributed by atoms with E-state index in [-0.39, 0.29) is 24.1 Å². The second-order valence-electron chi connectivity index (χ2n) is 7.31. The molecule has 3 rings (SSSR count). The Bertz CT molecular complexity index is 1140. The molecule has 0 aliphatic carbocycles. The van der Waals surface area contributed by atoms with E-state index in [0.29, 0.717) is 23.0 Å². The summed E-state index contributed by atoms with van der Waals surface area (Å²) in [6.45, 7) is 3.57. The molecule has 0 radical (unpaired) electrons. The highest BCUT2D eigenvalue weighted by Crippen LogP contribution is 2.16. The standard InChI is InChI=1S/C22H26N4O3/c1-5-15(2)26-21(28)18-8-6-7-9-19(18)25(22(26)29)14-20(27)23-16-10-12-17(13-11-16)24(3)4/h6-13,15H,5,14H2,1-4H3,(H,23,27)/t15-/m0/s1. The van der Waals surface area contributed by atoms with Crippen molar-refractivity contribution in [2.45, 2.75) is 32.9 Å². The number of nitrogens with zero attached hydrogens (tertiary/aromatic N) is 3. The van der Waals surface area contributed by atoms with Crippen LogP contribution in [0.1, 0.15) is 26.3 Å². The molecule has 0 unspecified atom stereocenters. The Balaban J connectivity index is 1.98. The van der Waals surface area contributed by atoms with Crippen molar-refractivity contribution in [2.24, 2.45) is 0 Å². The molecule has 7 nitrogen and oxygen atoms in total. The average Bonchev–Trinajstić information content (AvgIpc) is 2.71. The molecule has 2 aromatic carbocycles. The van der Waals surface area contributed by atoms with Crippen LogP contribution in [0, 0.1) is 0 Å². The number of hydrogen-bond acceptors (Lipinski definition) is 4. The van der Waals surface area contributed by atoms with E-state index >= 15 is 0 Å². The maximum Gasteiger partial charge on any atom is 0.332 e. The average molecular weight is 394 g/mol. The van der Waals surface area contributed by atoms with Gasteiger partial charge >= 0.3 is 5.69 Å². The zero-order chi connectivity index (χ0) is 21.1. The number of carbonyl (C=O) groups excluding carboxylic acids is 1. The van der Waals surface area contributed by atoms with Gasteiger partial charge in [-0.2, -0.15) is 0 Å². The van der Waals surface area contributed by atoms with Gasteiger partial charge in [-0.3, -0.25) is 18.7 Å². The van der Waals surface area contributed by atoms with Gasteiger partial charge in [0.2, 0.25) is 5.91 Å². The Hall–Kier alpha value is -3.35. The van der Waals surface area contributed by atoms with Crippen molar-refractivity contribution >= 4 is 28.2 Å². The maximum atomic E-state index is 13.1. The van der Waals surface area contributed by atoms with Gasteiger partial charge in [-0.05, 0) is 49.7 Å². The summed E-state index contributed by atoms with van der Waals surface area (Å²) in [5.41, 5.74) is 1.33. The molecule has 7 heteroatoms. The number of nitrogens with one attached hydrogen (secondary N) is 1. The number of fused-ring (bicyclic) bond motifs is 1. The Morgan fingerprint density at radius 3 is 2.34 bits per heavy atom. The van der Waals surface area contributed by atoms with Gasteiger partial charge in [-0.15, -0.1) is 0 Å². The molecule has 29 heavy (non-hydrogen) atoms. The minimum Gasteiger partial charge on any atom is -0.378 e. The molecule has 1 heterocycles. The zero-order valence-electron chi connectivity index (χ0n) is 17.2. The van der Waals surface area contributed by atoms with E-state index in [2.05, 4.69) is 5.32 Å². The largest absolute Gasteiger partial charge is 0.378 e. The van der Waals surface area contributed by atoms with E-state index in [1.54, 1.807) is 24.3 Å². The summed E-state index contributed by atoms with van der Waals surface area (Å²) < 4.78 is 2.61. The molecular formula is C22H26N4O3. The van der Waals surface area contributed by atoms with E-state index in [1.165, 1.54) is 9.13 Å². The predicted octanol–water partition coefficient (Wildman–Crippen LogP) is 2.84. The van der Waals surface area contributed by atoms with E-state index in [1.807, 2.05) is 57.1 Å². The van der Waals surface area contributed by atoms with Crippen LogP contribution in [0.5, 0.6) is 0 Å². The summed E-state index contributed by atoms with van der Waals surface area (Å²) in [4.78, 5) is 40.5. The monoisotopic (exact) mass is 394 g/mol. The number of rotatable bonds is 6. The lowest BCUT2D eigenvalue weighted by molar-refractivity contribution is -0.116. The Morgan fingerprint density at radius 1 is 1.07 bits per heavy atom. The molecule has 0 saturated heterocycles. The van der Waals surface area contributed by atoms with Crippen LogP contribution in [-0.2, 0) is 11.3 Å². The van der Waals surface area contributed by atoms with E-state index in [9.17, 15) is 14.4 Å². The highest BCUT2D eigenvalue weighted by atomic mass is 16.2. The fourth-order valence-corrected chi connectivity index (χ4v) is 3.25. The first-order chi connectivity index (χ1) is 13.8. The third-order valence-electron chi connectivity index (χ3n) is 5.08. The van der Waals surface area contributed by atoms with Gasteiger partial charge in [0.05, 0.1) is 10.9 Å². The van der Waals surface area contributed by atoms with Gasteiger partial charge in [0.1, 0.15) is 6.54 Å². The summed E-state index contributed by atoms with van der Waals surface area (Å²) in [6.07, 6.45) is 0.637. The zero-order valence-corrected chi connectivity index (χ0v) is 17.2. The molecule has 0 fully saturated rings. The molecule has 1 atom stereocenters. The van der Waals surface area contributed by atoms with Crippen molar-refractivity contribution in [1.82, 2.24) is 9.13 Å². The maximum absolute atomic E-state index is 13.1. The number of para-hydroxylation sites is 1. The predicted molar refractivity (Wildman–Crippen MR) is 117 cm³/mol. The molecule has 1 aromatic heterocycles. The first-order valence-corrected chi connectivity index (χ1v) is 9.64. The van der Waals surface area contributed by atoms with Crippen molar-refractivity contribution in [1.29, 1.82) is 0 Å². The summed E-state index contributed by atoms with van der Waals surface area (Å²) in [5, 5.41) is 3.25. The second-order valence-corrected chi connectivity index (χ2v) is 7.31. The summed E-state index contributed by atoms with van der Waals surface area (Å²) in [6, 6.07) is 14.1. The van der Waals surface area contributed by atoms with Crippen LogP contribution >= 0.6 is 0 Å². The first-order valence-electron chi connectivity index (χ1n) is 9.64. The van der Waals surface area contributed by atoms with Gasteiger partial charge in [-0.25, -0.2) is 4.79 Å². The van der Waals surface area contributed by atoms with Crippen LogP contribution < -0.4 is 21.5 Å². The van der Waals surface area contributed by atoms with Crippen LogP contribution in [0.15, 0.2) is 58.1 Å². The molecule has 0 aliphatic rings. The van der Waals surface area contributed by atoms with Crippen molar-refractivity contribution in [3.8, 4) is 0 Å². The molecule has 0 saturated carbocycles. The number of amides is 1. The highest BCUT2D eigenvalue weighted by Gasteiger charge is 2.18. The van der Waals surface area contributed by atoms with Crippen molar-refractivity contribution in [3.05, 3.63) is 69.4 Å². The molecule has 0 aliphatic heterocycles. The van der Waals surface area contributed by atoms with Crippen LogP contribution in [0.2, 0.25) is 0 Å². The van der Waals surface area contributed by atoms with Crippen molar-refractivity contribution in [2.75, 3.05) is 24.3 Å². The fraction of sp³-hybridized carbons (Fsp3) is 0.318. The smallest absolute Gasteiger partial charge is 0.332 e. The van der Waals surface area contributed by atoms with Crippen molar-refractivity contribution in [3.63, 3.8) is 0 Å². The Morgan fingerprint density at radius 2 is 1.72 bits per heavy atom. The Labute approximate surface area is 169 Å². The Kier molecular flexibility index (Phi) is 5.87. The number of aromatic nitrogens is 2. The number of anilines is 2. The number of benzene rings is 2. The summed E-state index contributed by atoms with van der Waals surface area (Å²) >= 11 is 0. The molecule has 0 spiro atoms. The minimum atomic E-state index is -0.471. The third kappa shape index (κ3) is 4.08. The van der Waals surface area contributed by atoms with Gasteiger partial charge < -0.3 is 10.2 Å². The lowest BCUT2D eigenvalue weighted by Gasteiger charge is -2.17. The van der Waals surface area contributed by atoms with Crippen LogP contribution in [0.3, 0.4) is 0 Å². The van der Waals surface area contributed by atoms with Crippen molar-refractivity contribution < 1.29 is 4.79 Å². The summed E-state index contributed by atoms with van der Waals surface area (Å²) in [5.74, 6) is -0.329. The minimum absolute atomic E-state index is 0.175. The van der Waals surface area contributed by atoms with E-state index in [0.717, 1.165) is 5.69 Å². The van der Waals surface area contributed by atoms with Crippen LogP contribution in [0.25, 0.3) is 10.9 Å². The first kappa shape index (κ1) is 20.4. The van der Waals surface area contributed by atoms with E-state index in [4.69, 9.17) is 0 Å². The highest BCUT2D eigenvalue weighted by molar-refractivity contribution is 5.91. The molecule has 1 amide bonds. The topological polar surface area (TPSA) is 76.3 Å². The molecule has 1 N–H and O–H groups in total. The molecular weight excluding hydrogens is 368 g/mol. The lowest BCUT2D eigenvalue weighted by Crippen LogP contribution is -2.43. The van der Waals surface area contributed by atoms with Crippen LogP contribution in [0.4, 0.5) is 11.4 Å². The second kappa shape index (κ2) is 8.34. The third-order valence-corrected chi connectivity index (χ3v) is 5.08. The molecule has 3 aromatic rings. The normalized spacial score (nSPS) is 12.0. The number of carbonyl (C=O) groups is 1. The SMILES string of the molecule is CC[C@H](C)n1c(=O)c2ccccc2n(CC(=O)Nc2ccc(N(C)C)cc2)c1=O. The summed E-state index contributed by atoms with van der Waals surface area (Å²) in [7, 11) is 3.88.